The van der Waals surface area contributed by atoms with Gasteiger partial charge in [-0.15, -0.1) is 10.2 Å². The molecule has 0 fully saturated rings. The highest BCUT2D eigenvalue weighted by atomic mass is 32.2. The smallest absolute Gasteiger partial charge is 0.374 e. The topological polar surface area (TPSA) is 79.4 Å². The SMILES string of the molecule is COC(=O)c1occc1CSc1nncn1-c1ccccc1OC. The van der Waals surface area contributed by atoms with Crippen molar-refractivity contribution in [3.05, 3.63) is 54.2 Å². The summed E-state index contributed by atoms with van der Waals surface area (Å²) in [5, 5.41) is 8.78. The predicted octanol–water partition coefficient (Wildman–Crippen LogP) is 2.95. The summed E-state index contributed by atoms with van der Waals surface area (Å²) in [5.74, 6) is 0.919. The predicted molar refractivity (Wildman–Crippen MR) is 87.5 cm³/mol. The third kappa shape index (κ3) is 3.13. The van der Waals surface area contributed by atoms with Crippen molar-refractivity contribution in [2.45, 2.75) is 10.9 Å². The van der Waals surface area contributed by atoms with Gasteiger partial charge in [0.05, 0.1) is 26.2 Å². The number of hydrogen-bond acceptors (Lipinski definition) is 7. The van der Waals surface area contributed by atoms with Crippen molar-refractivity contribution in [3.8, 4) is 11.4 Å². The van der Waals surface area contributed by atoms with Gasteiger partial charge in [0.2, 0.25) is 5.76 Å². The Labute approximate surface area is 142 Å². The van der Waals surface area contributed by atoms with Crippen LogP contribution in [0.4, 0.5) is 0 Å². The largest absolute Gasteiger partial charge is 0.495 e. The van der Waals surface area contributed by atoms with E-state index in [1.807, 2.05) is 28.8 Å². The number of aromatic nitrogens is 3. The molecule has 24 heavy (non-hydrogen) atoms. The lowest BCUT2D eigenvalue weighted by atomic mass is 10.3. The second-order valence-electron chi connectivity index (χ2n) is 4.71. The first-order valence-corrected chi connectivity index (χ1v) is 8.04. The van der Waals surface area contributed by atoms with Crippen molar-refractivity contribution in [2.75, 3.05) is 14.2 Å². The van der Waals surface area contributed by atoms with Crippen molar-refractivity contribution < 1.29 is 18.7 Å². The zero-order valence-corrected chi connectivity index (χ0v) is 13.9. The number of furan rings is 1. The van der Waals surface area contributed by atoms with Gasteiger partial charge >= 0.3 is 5.97 Å². The monoisotopic (exact) mass is 345 g/mol. The van der Waals surface area contributed by atoms with Gasteiger partial charge in [-0.1, -0.05) is 23.9 Å². The van der Waals surface area contributed by atoms with E-state index in [2.05, 4.69) is 10.2 Å². The number of ether oxygens (including phenoxy) is 2. The summed E-state index contributed by atoms with van der Waals surface area (Å²) in [6, 6.07) is 9.34. The van der Waals surface area contributed by atoms with Crippen LogP contribution >= 0.6 is 11.8 Å². The summed E-state index contributed by atoms with van der Waals surface area (Å²) in [5.41, 5.74) is 1.58. The van der Waals surface area contributed by atoms with Gasteiger partial charge in [0.1, 0.15) is 12.1 Å². The Morgan fingerprint density at radius 3 is 2.92 bits per heavy atom. The van der Waals surface area contributed by atoms with Crippen LogP contribution in [0.15, 0.2) is 52.5 Å². The molecule has 0 unspecified atom stereocenters. The number of nitrogens with zero attached hydrogens (tertiary/aromatic N) is 3. The Morgan fingerprint density at radius 1 is 1.29 bits per heavy atom. The van der Waals surface area contributed by atoms with E-state index in [4.69, 9.17) is 13.9 Å². The maximum atomic E-state index is 11.7. The van der Waals surface area contributed by atoms with Crippen LogP contribution in [0.1, 0.15) is 16.1 Å². The number of benzene rings is 1. The van der Waals surface area contributed by atoms with Gasteiger partial charge in [-0.25, -0.2) is 4.79 Å². The second-order valence-corrected chi connectivity index (χ2v) is 5.65. The summed E-state index contributed by atoms with van der Waals surface area (Å²) in [7, 11) is 2.93. The minimum Gasteiger partial charge on any atom is -0.495 e. The molecule has 0 bridgehead atoms. The minimum atomic E-state index is -0.498. The number of carbonyl (C=O) groups excluding carboxylic acids is 1. The van der Waals surface area contributed by atoms with Gasteiger partial charge in [-0.05, 0) is 18.2 Å². The molecule has 0 aliphatic heterocycles. The lowest BCUT2D eigenvalue weighted by molar-refractivity contribution is 0.0564. The molecule has 0 aliphatic rings. The van der Waals surface area contributed by atoms with Crippen molar-refractivity contribution in [1.82, 2.24) is 14.8 Å². The molecule has 3 aromatic rings. The summed E-state index contributed by atoms with van der Waals surface area (Å²) in [4.78, 5) is 11.7. The van der Waals surface area contributed by atoms with Crippen LogP contribution in [0.5, 0.6) is 5.75 Å². The van der Waals surface area contributed by atoms with Gasteiger partial charge in [-0.3, -0.25) is 4.57 Å². The first kappa shape index (κ1) is 16.1. The average molecular weight is 345 g/mol. The molecule has 0 spiro atoms. The molecule has 2 aromatic heterocycles. The summed E-state index contributed by atoms with van der Waals surface area (Å²) < 4.78 is 17.1. The van der Waals surface area contributed by atoms with Crippen molar-refractivity contribution >= 4 is 17.7 Å². The minimum absolute atomic E-state index is 0.202. The van der Waals surface area contributed by atoms with Crippen molar-refractivity contribution in [1.29, 1.82) is 0 Å². The molecule has 0 N–H and O–H groups in total. The highest BCUT2D eigenvalue weighted by Crippen LogP contribution is 2.29. The molecule has 124 valence electrons. The number of para-hydroxylation sites is 2. The second kappa shape index (κ2) is 7.22. The third-order valence-corrected chi connectivity index (χ3v) is 4.33. The zero-order chi connectivity index (χ0) is 16.9. The number of thioether (sulfide) groups is 1. The molecule has 3 rings (SSSR count). The fourth-order valence-corrected chi connectivity index (χ4v) is 3.08. The molecular formula is C16H15N3O4S. The molecule has 0 amide bonds. The fourth-order valence-electron chi connectivity index (χ4n) is 2.18. The molecule has 1 aromatic carbocycles. The van der Waals surface area contributed by atoms with E-state index in [0.717, 1.165) is 17.0 Å². The van der Waals surface area contributed by atoms with Crippen LogP contribution in [0.2, 0.25) is 0 Å². The van der Waals surface area contributed by atoms with E-state index in [1.54, 1.807) is 19.5 Å². The number of methoxy groups -OCH3 is 2. The highest BCUT2D eigenvalue weighted by molar-refractivity contribution is 7.98. The molecule has 2 heterocycles. The Kier molecular flexibility index (Phi) is 4.85. The molecule has 0 saturated heterocycles. The fraction of sp³-hybridized carbons (Fsp3) is 0.188. The Bertz CT molecular complexity index is 843. The van der Waals surface area contributed by atoms with Crippen LogP contribution in [-0.4, -0.2) is 35.0 Å². The summed E-state index contributed by atoms with van der Waals surface area (Å²) >= 11 is 1.43. The number of esters is 1. The van der Waals surface area contributed by atoms with Crippen LogP contribution in [0.3, 0.4) is 0 Å². The molecule has 0 saturated carbocycles. The molecular weight excluding hydrogens is 330 g/mol. The highest BCUT2D eigenvalue weighted by Gasteiger charge is 2.17. The zero-order valence-electron chi connectivity index (χ0n) is 13.1. The Morgan fingerprint density at radius 2 is 2.12 bits per heavy atom. The van der Waals surface area contributed by atoms with Gasteiger partial charge in [-0.2, -0.15) is 0 Å². The van der Waals surface area contributed by atoms with E-state index < -0.39 is 5.97 Å². The lowest BCUT2D eigenvalue weighted by Gasteiger charge is -2.10. The van der Waals surface area contributed by atoms with Gasteiger partial charge < -0.3 is 13.9 Å². The normalized spacial score (nSPS) is 10.6. The Hall–Kier alpha value is -2.74. The molecule has 0 radical (unpaired) electrons. The van der Waals surface area contributed by atoms with Crippen molar-refractivity contribution in [3.63, 3.8) is 0 Å². The lowest BCUT2D eigenvalue weighted by Crippen LogP contribution is -2.03. The quantitative estimate of drug-likeness (QED) is 0.502. The van der Waals surface area contributed by atoms with Crippen LogP contribution < -0.4 is 4.74 Å². The maximum Gasteiger partial charge on any atom is 0.374 e. The summed E-state index contributed by atoms with van der Waals surface area (Å²) in [6.07, 6.45) is 3.09. The van der Waals surface area contributed by atoms with Gasteiger partial charge in [0.15, 0.2) is 5.16 Å². The van der Waals surface area contributed by atoms with E-state index in [0.29, 0.717) is 10.9 Å². The molecule has 0 aliphatic carbocycles. The first-order chi connectivity index (χ1) is 11.7. The number of rotatable bonds is 6. The average Bonchev–Trinajstić information content (AvgIpc) is 3.28. The molecule has 0 atom stereocenters. The third-order valence-electron chi connectivity index (χ3n) is 3.34. The molecule has 7 nitrogen and oxygen atoms in total. The van der Waals surface area contributed by atoms with E-state index >= 15 is 0 Å². The maximum absolute atomic E-state index is 11.7. The van der Waals surface area contributed by atoms with E-state index in [9.17, 15) is 4.79 Å². The van der Waals surface area contributed by atoms with Crippen molar-refractivity contribution in [2.24, 2.45) is 0 Å². The van der Waals surface area contributed by atoms with Crippen LogP contribution in [-0.2, 0) is 10.5 Å². The van der Waals surface area contributed by atoms with E-state index in [-0.39, 0.29) is 5.76 Å². The summed E-state index contributed by atoms with van der Waals surface area (Å²) in [6.45, 7) is 0. The molecule has 8 heteroatoms. The standard InChI is InChI=1S/C16H15N3O4S/c1-21-13-6-4-3-5-12(13)19-10-17-18-16(19)24-9-11-7-8-23-14(11)15(20)22-2/h3-8,10H,9H2,1-2H3. The van der Waals surface area contributed by atoms with Crippen LogP contribution in [0, 0.1) is 0 Å². The number of hydrogen-bond donors (Lipinski definition) is 0. The van der Waals surface area contributed by atoms with E-state index in [1.165, 1.54) is 25.1 Å². The van der Waals surface area contributed by atoms with Gasteiger partial charge in [0.25, 0.3) is 0 Å². The first-order valence-electron chi connectivity index (χ1n) is 7.05. The van der Waals surface area contributed by atoms with Gasteiger partial charge in [0, 0.05) is 11.3 Å². The Balaban J connectivity index is 1.82. The number of carbonyl (C=O) groups is 1. The van der Waals surface area contributed by atoms with Crippen LogP contribution in [0.25, 0.3) is 5.69 Å².